The third kappa shape index (κ3) is 1.29. The molecule has 1 aromatic heterocycles. The SMILES string of the molecule is CCn1cc[n+](CN)c1. The number of imidazole rings is 1. The van der Waals surface area contributed by atoms with Gasteiger partial charge in [0.05, 0.1) is 6.54 Å². The van der Waals surface area contributed by atoms with E-state index < -0.39 is 0 Å². The third-order valence-corrected chi connectivity index (χ3v) is 1.32. The number of nitrogens with zero attached hydrogens (tertiary/aromatic N) is 2. The second kappa shape index (κ2) is 2.64. The summed E-state index contributed by atoms with van der Waals surface area (Å²) < 4.78 is 4.01. The van der Waals surface area contributed by atoms with Gasteiger partial charge < -0.3 is 0 Å². The molecule has 0 atom stereocenters. The van der Waals surface area contributed by atoms with Gasteiger partial charge in [-0.05, 0) is 6.92 Å². The molecule has 3 nitrogen and oxygen atoms in total. The van der Waals surface area contributed by atoms with Crippen LogP contribution in [0, 0.1) is 0 Å². The van der Waals surface area contributed by atoms with E-state index in [-0.39, 0.29) is 0 Å². The van der Waals surface area contributed by atoms with E-state index in [1.165, 1.54) is 0 Å². The lowest BCUT2D eigenvalue weighted by atomic mass is 10.7. The average molecular weight is 126 g/mol. The van der Waals surface area contributed by atoms with Crippen LogP contribution in [0.2, 0.25) is 0 Å². The highest BCUT2D eigenvalue weighted by molar-refractivity contribution is 4.64. The second-order valence-electron chi connectivity index (χ2n) is 1.94. The summed E-state index contributed by atoms with van der Waals surface area (Å²) in [5, 5.41) is 0. The number of nitrogens with two attached hydrogens (primary N) is 1. The maximum Gasteiger partial charge on any atom is 0.244 e. The largest absolute Gasteiger partial charge is 0.295 e. The van der Waals surface area contributed by atoms with E-state index in [4.69, 9.17) is 5.73 Å². The first-order valence-corrected chi connectivity index (χ1v) is 3.11. The number of aryl methyl sites for hydroxylation is 1. The van der Waals surface area contributed by atoms with E-state index in [0.29, 0.717) is 6.67 Å². The van der Waals surface area contributed by atoms with Gasteiger partial charge in [-0.3, -0.25) is 5.73 Å². The monoisotopic (exact) mass is 126 g/mol. The highest BCUT2D eigenvalue weighted by Crippen LogP contribution is 1.80. The Labute approximate surface area is 54.7 Å². The zero-order valence-electron chi connectivity index (χ0n) is 5.62. The highest BCUT2D eigenvalue weighted by atomic mass is 15.1. The molecule has 0 unspecified atom stereocenters. The van der Waals surface area contributed by atoms with Crippen LogP contribution in [0.1, 0.15) is 6.92 Å². The van der Waals surface area contributed by atoms with E-state index in [0.717, 1.165) is 6.54 Å². The topological polar surface area (TPSA) is 34.8 Å². The van der Waals surface area contributed by atoms with Crippen LogP contribution in [0.5, 0.6) is 0 Å². The second-order valence-corrected chi connectivity index (χ2v) is 1.94. The minimum Gasteiger partial charge on any atom is -0.295 e. The molecule has 0 saturated carbocycles. The van der Waals surface area contributed by atoms with Gasteiger partial charge in [-0.25, -0.2) is 9.13 Å². The summed E-state index contributed by atoms with van der Waals surface area (Å²) in [6.07, 6.45) is 5.95. The van der Waals surface area contributed by atoms with E-state index >= 15 is 0 Å². The Morgan fingerprint density at radius 1 is 1.67 bits per heavy atom. The van der Waals surface area contributed by atoms with Crippen molar-refractivity contribution < 1.29 is 4.57 Å². The molecule has 3 heteroatoms. The first kappa shape index (κ1) is 6.29. The van der Waals surface area contributed by atoms with Crippen molar-refractivity contribution >= 4 is 0 Å². The lowest BCUT2D eigenvalue weighted by Gasteiger charge is -1.84. The number of aromatic nitrogens is 2. The lowest BCUT2D eigenvalue weighted by Crippen LogP contribution is -2.35. The van der Waals surface area contributed by atoms with Gasteiger partial charge in [0, 0.05) is 0 Å². The number of hydrogen-bond acceptors (Lipinski definition) is 1. The summed E-state index contributed by atoms with van der Waals surface area (Å²) in [5.74, 6) is 0. The van der Waals surface area contributed by atoms with Crippen LogP contribution >= 0.6 is 0 Å². The summed E-state index contributed by atoms with van der Waals surface area (Å²) >= 11 is 0. The summed E-state index contributed by atoms with van der Waals surface area (Å²) in [7, 11) is 0. The minimum atomic E-state index is 0.562. The highest BCUT2D eigenvalue weighted by Gasteiger charge is 1.96. The average Bonchev–Trinajstić information content (AvgIpc) is 2.34. The first-order chi connectivity index (χ1) is 4.36. The minimum absolute atomic E-state index is 0.562. The number of rotatable bonds is 2. The van der Waals surface area contributed by atoms with Gasteiger partial charge in [0.15, 0.2) is 0 Å². The molecule has 0 aromatic carbocycles. The molecule has 0 fully saturated rings. The Morgan fingerprint density at radius 3 is 2.78 bits per heavy atom. The van der Waals surface area contributed by atoms with Crippen LogP contribution in [0.4, 0.5) is 0 Å². The molecule has 0 bridgehead atoms. The molecule has 2 N–H and O–H groups in total. The predicted molar refractivity (Wildman–Crippen MR) is 34.5 cm³/mol. The Kier molecular flexibility index (Phi) is 1.85. The molecule has 1 aromatic rings. The molecule has 0 spiro atoms. The summed E-state index contributed by atoms with van der Waals surface area (Å²) in [6, 6.07) is 0. The smallest absolute Gasteiger partial charge is 0.244 e. The molecule has 1 rings (SSSR count). The zero-order chi connectivity index (χ0) is 6.69. The molecule has 0 aliphatic rings. The van der Waals surface area contributed by atoms with Crippen molar-refractivity contribution in [3.63, 3.8) is 0 Å². The molecule has 0 saturated heterocycles. The van der Waals surface area contributed by atoms with Crippen LogP contribution in [0.25, 0.3) is 0 Å². The quantitative estimate of drug-likeness (QED) is 0.543. The van der Waals surface area contributed by atoms with Crippen LogP contribution in [-0.4, -0.2) is 4.57 Å². The molecule has 1 heterocycles. The van der Waals surface area contributed by atoms with Crippen molar-refractivity contribution in [1.82, 2.24) is 4.57 Å². The first-order valence-electron chi connectivity index (χ1n) is 3.11. The summed E-state index contributed by atoms with van der Waals surface area (Å²) in [6.45, 7) is 3.67. The van der Waals surface area contributed by atoms with Gasteiger partial charge in [-0.2, -0.15) is 0 Å². The summed E-state index contributed by atoms with van der Waals surface area (Å²) in [5.41, 5.74) is 5.37. The molecule has 9 heavy (non-hydrogen) atoms. The van der Waals surface area contributed by atoms with Crippen molar-refractivity contribution in [2.75, 3.05) is 0 Å². The standard InChI is InChI=1S/C6H12N3/c1-2-8-3-4-9(5-7)6-8/h3-4,6H,2,5,7H2,1H3/q+1. The van der Waals surface area contributed by atoms with Crippen molar-refractivity contribution in [2.24, 2.45) is 5.73 Å². The van der Waals surface area contributed by atoms with E-state index in [1.54, 1.807) is 0 Å². The van der Waals surface area contributed by atoms with E-state index in [2.05, 4.69) is 11.5 Å². The molecule has 50 valence electrons. The number of hydrogen-bond donors (Lipinski definition) is 1. The van der Waals surface area contributed by atoms with Gasteiger partial charge in [0.2, 0.25) is 6.33 Å². The fourth-order valence-corrected chi connectivity index (χ4v) is 0.734. The Morgan fingerprint density at radius 2 is 2.44 bits per heavy atom. The van der Waals surface area contributed by atoms with Crippen molar-refractivity contribution in [2.45, 2.75) is 20.1 Å². The maximum atomic E-state index is 5.37. The van der Waals surface area contributed by atoms with Gasteiger partial charge in [-0.1, -0.05) is 0 Å². The Bertz CT molecular complexity index is 162. The predicted octanol–water partition coefficient (Wildman–Crippen LogP) is -0.288. The van der Waals surface area contributed by atoms with Gasteiger partial charge in [0.1, 0.15) is 19.1 Å². The molecule has 0 radical (unpaired) electrons. The van der Waals surface area contributed by atoms with E-state index in [1.807, 2.05) is 23.3 Å². The fourth-order valence-electron chi connectivity index (χ4n) is 0.734. The zero-order valence-corrected chi connectivity index (χ0v) is 5.62. The van der Waals surface area contributed by atoms with Crippen molar-refractivity contribution in [3.05, 3.63) is 18.7 Å². The fraction of sp³-hybridized carbons (Fsp3) is 0.500. The molecule has 0 aliphatic heterocycles. The lowest BCUT2D eigenvalue weighted by molar-refractivity contribution is -0.695. The van der Waals surface area contributed by atoms with Gasteiger partial charge >= 0.3 is 0 Å². The van der Waals surface area contributed by atoms with E-state index in [9.17, 15) is 0 Å². The van der Waals surface area contributed by atoms with Crippen LogP contribution < -0.4 is 10.3 Å². The van der Waals surface area contributed by atoms with Crippen molar-refractivity contribution in [3.8, 4) is 0 Å². The Balaban J connectivity index is 2.74. The van der Waals surface area contributed by atoms with Crippen LogP contribution in [0.3, 0.4) is 0 Å². The molecule has 0 amide bonds. The normalized spacial score (nSPS) is 10.0. The molecular formula is C6H12N3+. The van der Waals surface area contributed by atoms with Crippen LogP contribution in [-0.2, 0) is 13.2 Å². The van der Waals surface area contributed by atoms with Crippen LogP contribution in [0.15, 0.2) is 18.7 Å². The van der Waals surface area contributed by atoms with Gasteiger partial charge in [-0.15, -0.1) is 0 Å². The van der Waals surface area contributed by atoms with Crippen molar-refractivity contribution in [1.29, 1.82) is 0 Å². The van der Waals surface area contributed by atoms with Gasteiger partial charge in [0.25, 0.3) is 0 Å². The molecular weight excluding hydrogens is 114 g/mol. The Hall–Kier alpha value is -0.830. The maximum absolute atomic E-state index is 5.37. The third-order valence-electron chi connectivity index (χ3n) is 1.32. The summed E-state index contributed by atoms with van der Waals surface area (Å²) in [4.78, 5) is 0. The molecule has 0 aliphatic carbocycles.